The quantitative estimate of drug-likeness (QED) is 0.803. The highest BCUT2D eigenvalue weighted by atomic mass is 79.9. The second-order valence-electron chi connectivity index (χ2n) is 4.51. The number of aryl methyl sites for hydroxylation is 1. The van der Waals surface area contributed by atoms with Gasteiger partial charge in [0.05, 0.1) is 23.0 Å². The fourth-order valence-corrected chi connectivity index (χ4v) is 3.66. The first-order valence-corrected chi connectivity index (χ1v) is 8.35. The number of hydrogen-bond acceptors (Lipinski definition) is 4. The van der Waals surface area contributed by atoms with E-state index in [1.807, 2.05) is 7.05 Å². The fraction of sp³-hybridized carbons (Fsp3) is 0.308. The van der Waals surface area contributed by atoms with Gasteiger partial charge >= 0.3 is 0 Å². The number of nitrogens with zero attached hydrogens (tertiary/aromatic N) is 3. The third-order valence-corrected chi connectivity index (χ3v) is 5.54. The van der Waals surface area contributed by atoms with Crippen LogP contribution in [0.2, 0.25) is 0 Å². The number of rotatable bonds is 5. The van der Waals surface area contributed by atoms with Crippen molar-refractivity contribution in [3.63, 3.8) is 0 Å². The molecule has 0 atom stereocenters. The zero-order chi connectivity index (χ0) is 15.6. The molecule has 0 unspecified atom stereocenters. The van der Waals surface area contributed by atoms with Crippen molar-refractivity contribution in [3.8, 4) is 5.75 Å². The minimum Gasteiger partial charge on any atom is -0.496 e. The standard InChI is InChI=1S/C13H16BrN3O3S/c1-16-7-6-15-13(16)9-17(2)21(18,19)10-4-5-12(20-3)11(14)8-10/h4-8H,9H2,1-3H3. The molecule has 0 aliphatic heterocycles. The van der Waals surface area contributed by atoms with Gasteiger partial charge in [0.25, 0.3) is 0 Å². The number of hydrogen-bond donors (Lipinski definition) is 0. The molecular weight excluding hydrogens is 358 g/mol. The Hall–Kier alpha value is -1.38. The first-order chi connectivity index (χ1) is 9.86. The van der Waals surface area contributed by atoms with Crippen LogP contribution in [0.15, 0.2) is 40.0 Å². The molecule has 21 heavy (non-hydrogen) atoms. The summed E-state index contributed by atoms with van der Waals surface area (Å²) in [4.78, 5) is 4.34. The molecule has 8 heteroatoms. The molecule has 1 aromatic heterocycles. The maximum atomic E-state index is 12.5. The molecule has 0 aliphatic carbocycles. The van der Waals surface area contributed by atoms with E-state index in [0.29, 0.717) is 16.0 Å². The van der Waals surface area contributed by atoms with Crippen LogP contribution in [0.25, 0.3) is 0 Å². The minimum atomic E-state index is -3.58. The van der Waals surface area contributed by atoms with Crippen molar-refractivity contribution in [2.24, 2.45) is 7.05 Å². The minimum absolute atomic E-state index is 0.201. The van der Waals surface area contributed by atoms with Gasteiger partial charge in [0.1, 0.15) is 11.6 Å². The third kappa shape index (κ3) is 3.28. The number of methoxy groups -OCH3 is 1. The second-order valence-corrected chi connectivity index (χ2v) is 7.41. The van der Waals surface area contributed by atoms with Gasteiger partial charge in [-0.25, -0.2) is 13.4 Å². The molecule has 2 rings (SSSR count). The van der Waals surface area contributed by atoms with Crippen molar-refractivity contribution in [2.45, 2.75) is 11.4 Å². The normalized spacial score (nSPS) is 11.9. The van der Waals surface area contributed by atoms with E-state index in [-0.39, 0.29) is 11.4 Å². The second kappa shape index (κ2) is 6.17. The Morgan fingerprint density at radius 1 is 1.43 bits per heavy atom. The van der Waals surface area contributed by atoms with Crippen LogP contribution >= 0.6 is 15.9 Å². The van der Waals surface area contributed by atoms with E-state index in [9.17, 15) is 8.42 Å². The number of aromatic nitrogens is 2. The predicted molar refractivity (Wildman–Crippen MR) is 82.6 cm³/mol. The Morgan fingerprint density at radius 3 is 2.67 bits per heavy atom. The first kappa shape index (κ1) is 16.0. The Morgan fingerprint density at radius 2 is 2.14 bits per heavy atom. The van der Waals surface area contributed by atoms with Gasteiger partial charge in [0.2, 0.25) is 10.0 Å². The van der Waals surface area contributed by atoms with E-state index in [1.54, 1.807) is 23.0 Å². The number of halogens is 1. The van der Waals surface area contributed by atoms with Crippen molar-refractivity contribution >= 4 is 26.0 Å². The summed E-state index contributed by atoms with van der Waals surface area (Å²) in [6, 6.07) is 4.67. The molecule has 6 nitrogen and oxygen atoms in total. The summed E-state index contributed by atoms with van der Waals surface area (Å²) >= 11 is 3.30. The lowest BCUT2D eigenvalue weighted by Crippen LogP contribution is -2.27. The van der Waals surface area contributed by atoms with Crippen molar-refractivity contribution in [2.75, 3.05) is 14.2 Å². The maximum Gasteiger partial charge on any atom is 0.243 e. The van der Waals surface area contributed by atoms with Gasteiger partial charge in [0, 0.05) is 26.5 Å². The molecule has 0 radical (unpaired) electrons. The van der Waals surface area contributed by atoms with Gasteiger partial charge in [-0.3, -0.25) is 0 Å². The number of imidazole rings is 1. The van der Waals surface area contributed by atoms with Gasteiger partial charge in [0.15, 0.2) is 0 Å². The Kier molecular flexibility index (Phi) is 4.70. The maximum absolute atomic E-state index is 12.5. The molecule has 114 valence electrons. The Balaban J connectivity index is 2.29. The molecule has 0 spiro atoms. The van der Waals surface area contributed by atoms with E-state index in [4.69, 9.17) is 4.74 Å². The van der Waals surface area contributed by atoms with Crippen LogP contribution < -0.4 is 4.74 Å². The Labute approximate surface area is 132 Å². The SMILES string of the molecule is COc1ccc(S(=O)(=O)N(C)Cc2nccn2C)cc1Br. The molecule has 0 saturated carbocycles. The van der Waals surface area contributed by atoms with E-state index >= 15 is 0 Å². The van der Waals surface area contributed by atoms with Gasteiger partial charge in [-0.05, 0) is 34.1 Å². The largest absolute Gasteiger partial charge is 0.496 e. The van der Waals surface area contributed by atoms with Crippen LogP contribution in [0.4, 0.5) is 0 Å². The first-order valence-electron chi connectivity index (χ1n) is 6.12. The summed E-state index contributed by atoms with van der Waals surface area (Å²) in [6.45, 7) is 0.204. The van der Waals surface area contributed by atoms with Crippen molar-refractivity contribution in [1.82, 2.24) is 13.9 Å². The smallest absolute Gasteiger partial charge is 0.243 e. The van der Waals surface area contributed by atoms with Crippen LogP contribution in [0, 0.1) is 0 Å². The highest BCUT2D eigenvalue weighted by molar-refractivity contribution is 9.10. The van der Waals surface area contributed by atoms with Crippen LogP contribution in [0.5, 0.6) is 5.75 Å². The van der Waals surface area contributed by atoms with Crippen molar-refractivity contribution in [1.29, 1.82) is 0 Å². The summed E-state index contributed by atoms with van der Waals surface area (Å²) in [5, 5.41) is 0. The summed E-state index contributed by atoms with van der Waals surface area (Å²) in [6.07, 6.45) is 3.42. The summed E-state index contributed by atoms with van der Waals surface area (Å²) in [5.74, 6) is 1.26. The van der Waals surface area contributed by atoms with E-state index in [2.05, 4.69) is 20.9 Å². The number of benzene rings is 1. The van der Waals surface area contributed by atoms with Gasteiger partial charge in [-0.15, -0.1) is 0 Å². The molecule has 0 N–H and O–H groups in total. The zero-order valence-corrected chi connectivity index (χ0v) is 14.3. The molecule has 0 fully saturated rings. The van der Waals surface area contributed by atoms with Gasteiger partial charge in [-0.2, -0.15) is 4.31 Å². The lowest BCUT2D eigenvalue weighted by Gasteiger charge is -2.17. The third-order valence-electron chi connectivity index (χ3n) is 3.12. The lowest BCUT2D eigenvalue weighted by molar-refractivity contribution is 0.411. The Bertz CT molecular complexity index is 743. The number of sulfonamides is 1. The highest BCUT2D eigenvalue weighted by Crippen LogP contribution is 2.28. The highest BCUT2D eigenvalue weighted by Gasteiger charge is 2.23. The molecule has 0 saturated heterocycles. The monoisotopic (exact) mass is 373 g/mol. The van der Waals surface area contributed by atoms with E-state index < -0.39 is 10.0 Å². The summed E-state index contributed by atoms with van der Waals surface area (Å²) in [5.41, 5.74) is 0. The van der Waals surface area contributed by atoms with Gasteiger partial charge < -0.3 is 9.30 Å². The van der Waals surface area contributed by atoms with Crippen LogP contribution in [0.1, 0.15) is 5.82 Å². The van der Waals surface area contributed by atoms with Crippen molar-refractivity contribution < 1.29 is 13.2 Å². The zero-order valence-electron chi connectivity index (χ0n) is 11.9. The molecule has 0 bridgehead atoms. The van der Waals surface area contributed by atoms with Crippen LogP contribution in [0.3, 0.4) is 0 Å². The topological polar surface area (TPSA) is 64.4 Å². The lowest BCUT2D eigenvalue weighted by atomic mass is 10.3. The van der Waals surface area contributed by atoms with E-state index in [0.717, 1.165) is 0 Å². The van der Waals surface area contributed by atoms with Crippen molar-refractivity contribution in [3.05, 3.63) is 40.9 Å². The molecule has 2 aromatic rings. The predicted octanol–water partition coefficient (Wildman–Crippen LogP) is 2.01. The summed E-state index contributed by atoms with van der Waals surface area (Å²) in [7, 11) is 1.30. The fourth-order valence-electron chi connectivity index (χ4n) is 1.82. The summed E-state index contributed by atoms with van der Waals surface area (Å²) < 4.78 is 33.9. The molecule has 0 amide bonds. The molecule has 1 heterocycles. The number of ether oxygens (including phenoxy) is 1. The molecule has 0 aliphatic rings. The van der Waals surface area contributed by atoms with Crippen LogP contribution in [-0.2, 0) is 23.6 Å². The molecular formula is C13H16BrN3O3S. The average molecular weight is 374 g/mol. The average Bonchev–Trinajstić information content (AvgIpc) is 2.84. The van der Waals surface area contributed by atoms with E-state index in [1.165, 1.54) is 30.6 Å². The van der Waals surface area contributed by atoms with Gasteiger partial charge in [-0.1, -0.05) is 0 Å². The van der Waals surface area contributed by atoms with Crippen LogP contribution in [-0.4, -0.2) is 36.4 Å². The molecule has 1 aromatic carbocycles.